The molecular formula is C78H64B2Br3I2O2. The Morgan fingerprint density at radius 2 is 0.506 bits per heavy atom. The quantitative estimate of drug-likeness (QED) is 0.133. The van der Waals surface area contributed by atoms with Crippen LogP contribution in [-0.2, 0) is 21.7 Å². The Morgan fingerprint density at radius 3 is 0.736 bits per heavy atom. The van der Waals surface area contributed by atoms with Crippen LogP contribution in [0.5, 0.6) is 0 Å². The third kappa shape index (κ3) is 10.9. The van der Waals surface area contributed by atoms with E-state index in [9.17, 15) is 0 Å². The van der Waals surface area contributed by atoms with E-state index < -0.39 is 7.12 Å². The van der Waals surface area contributed by atoms with Gasteiger partial charge in [-0.05, 0) is 281 Å². The van der Waals surface area contributed by atoms with Crippen LogP contribution in [0.3, 0.4) is 0 Å². The molecular weight excluding hydrogens is 1480 g/mol. The monoisotopic (exact) mass is 1550 g/mol. The average molecular weight is 1550 g/mol. The summed E-state index contributed by atoms with van der Waals surface area (Å²) in [6.07, 6.45) is 0. The Kier molecular flexibility index (Phi) is 16.5. The molecule has 0 amide bonds. The van der Waals surface area contributed by atoms with E-state index in [0.29, 0.717) is 5.46 Å². The van der Waals surface area contributed by atoms with E-state index in [0.717, 1.165) is 13.4 Å². The minimum atomic E-state index is -1.38. The molecule has 0 spiro atoms. The summed E-state index contributed by atoms with van der Waals surface area (Å²) in [4.78, 5) is 0. The molecule has 87 heavy (non-hydrogen) atoms. The number of rotatable bonds is 5. The van der Waals surface area contributed by atoms with E-state index in [-0.39, 0.29) is 31.5 Å². The van der Waals surface area contributed by atoms with E-state index in [1.54, 1.807) is 18.2 Å². The molecule has 0 fully saturated rings. The Bertz CT molecular complexity index is 4340. The van der Waals surface area contributed by atoms with Crippen LogP contribution in [0.2, 0.25) is 0 Å². The van der Waals surface area contributed by atoms with Crippen molar-refractivity contribution >= 4 is 114 Å². The zero-order chi connectivity index (χ0) is 60.4. The van der Waals surface area contributed by atoms with Gasteiger partial charge in [0.2, 0.25) is 0 Å². The average Bonchev–Trinajstić information content (AvgIpc) is 1.91. The van der Waals surface area contributed by atoms with Crippen LogP contribution in [0.15, 0.2) is 232 Å². The maximum absolute atomic E-state index is 8.68. The van der Waals surface area contributed by atoms with Crippen molar-refractivity contribution in [2.75, 3.05) is 0 Å². The predicted molar refractivity (Wildman–Crippen MR) is 398 cm³/mol. The smallest absolute Gasteiger partial charge is 0.423 e. The lowest BCUT2D eigenvalue weighted by Gasteiger charge is -2.24. The lowest BCUT2D eigenvalue weighted by molar-refractivity contribution is 0.425. The number of hydrogen-bond acceptors (Lipinski definition) is 2. The molecule has 11 aromatic rings. The molecule has 2 nitrogen and oxygen atoms in total. The SMILES string of the molecule is CC1(C)c2cc(-c3cccc(Br)c3)ccc2-c2ccc(-c3ccc4c(c3)C(C)(C)c3cc(-c5cccc(Br)c5)ccc3-4)cc21.CC1(C)c2cc(I)ccc2-c2ccc(-c3ccc4c(c3)C(C)(C)c3cc(I)ccc3-4)cc21.OB(O)c1cccc(Br)c1.[2HH].[B]. The third-order valence-corrected chi connectivity index (χ3v) is 21.6. The van der Waals surface area contributed by atoms with Gasteiger partial charge in [0.1, 0.15) is 0 Å². The van der Waals surface area contributed by atoms with Crippen molar-refractivity contribution in [3.63, 3.8) is 0 Å². The molecule has 0 saturated heterocycles. The van der Waals surface area contributed by atoms with Crippen LogP contribution in [0.1, 0.15) is 101 Å². The van der Waals surface area contributed by atoms with E-state index in [4.69, 9.17) is 10.0 Å². The molecule has 0 aliphatic heterocycles. The van der Waals surface area contributed by atoms with Crippen LogP contribution < -0.4 is 5.46 Å². The molecule has 0 atom stereocenters. The highest BCUT2D eigenvalue weighted by Gasteiger charge is 2.40. The van der Waals surface area contributed by atoms with E-state index in [1.165, 1.54) is 141 Å². The highest BCUT2D eigenvalue weighted by molar-refractivity contribution is 14.1. The van der Waals surface area contributed by atoms with Gasteiger partial charge >= 0.3 is 7.12 Å². The molecule has 15 rings (SSSR count). The first-order chi connectivity index (χ1) is 41.0. The number of benzene rings is 11. The standard InChI is InChI=1S/C42H32Br2.C30H24I2.C6H6BBrO2.B.H2/c1-41(2)37-21-27(25-7-5-9-31(43)19-25)11-15-33(37)35-17-13-29(23-39(35)41)30-14-18-36-34-16-12-28(26-8-6-10-32(44)20-26)22-38(34)42(3,4)40(36)24-30;1-29(2)25-13-17(5-9-21(25)23-11-7-19(31)15-27(23)29)18-6-10-22-24-12-8-20(32)16-28(24)30(3,4)26(22)14-18;8-6-3-1-2-5(4-6)7(9)10;;/h5-24H,1-4H3;5-16H,1-4H3;1-4,9-10H;;1H/i;;;;1+1. The highest BCUT2D eigenvalue weighted by atomic mass is 127. The maximum atomic E-state index is 8.68. The molecule has 0 aromatic heterocycles. The number of halogens is 5. The van der Waals surface area contributed by atoms with E-state index in [2.05, 4.69) is 342 Å². The second-order valence-electron chi connectivity index (χ2n) is 25.4. The van der Waals surface area contributed by atoms with Crippen LogP contribution in [0.4, 0.5) is 0 Å². The van der Waals surface area contributed by atoms with E-state index in [1.807, 2.05) is 6.07 Å². The summed E-state index contributed by atoms with van der Waals surface area (Å²) < 4.78 is 5.66. The Labute approximate surface area is 569 Å². The van der Waals surface area contributed by atoms with Gasteiger partial charge in [0.05, 0.1) is 0 Å². The van der Waals surface area contributed by atoms with Crippen molar-refractivity contribution in [1.82, 2.24) is 0 Å². The van der Waals surface area contributed by atoms with E-state index >= 15 is 0 Å². The van der Waals surface area contributed by atoms with Crippen LogP contribution >= 0.6 is 93.0 Å². The fraction of sp³-hybridized carbons (Fsp3) is 0.154. The molecule has 0 saturated carbocycles. The normalized spacial score (nSPS) is 14.7. The first kappa shape index (κ1) is 61.6. The van der Waals surface area contributed by atoms with Gasteiger partial charge in [-0.15, -0.1) is 0 Å². The Hall–Kier alpha value is -5.63. The van der Waals surface area contributed by atoms with Crippen molar-refractivity contribution in [3.05, 3.63) is 283 Å². The van der Waals surface area contributed by atoms with Gasteiger partial charge in [0, 0.05) is 52.1 Å². The fourth-order valence-electron chi connectivity index (χ4n) is 14.0. The van der Waals surface area contributed by atoms with Crippen LogP contribution in [0.25, 0.3) is 89.0 Å². The van der Waals surface area contributed by atoms with Gasteiger partial charge in [-0.1, -0.05) is 225 Å². The molecule has 0 heterocycles. The summed E-state index contributed by atoms with van der Waals surface area (Å²) in [6.45, 7) is 18.9. The molecule has 11 aromatic carbocycles. The summed E-state index contributed by atoms with van der Waals surface area (Å²) in [7, 11) is -1.38. The van der Waals surface area contributed by atoms with Crippen LogP contribution in [0, 0.1) is 7.14 Å². The third-order valence-electron chi connectivity index (χ3n) is 18.8. The van der Waals surface area contributed by atoms with Gasteiger partial charge in [-0.2, -0.15) is 0 Å². The van der Waals surface area contributed by atoms with Gasteiger partial charge in [0.15, 0.2) is 0 Å². The lowest BCUT2D eigenvalue weighted by Crippen LogP contribution is -2.29. The van der Waals surface area contributed by atoms with Crippen molar-refractivity contribution in [2.45, 2.75) is 77.0 Å². The minimum absolute atomic E-state index is 0. The largest absolute Gasteiger partial charge is 0.488 e. The van der Waals surface area contributed by atoms with Gasteiger partial charge in [0.25, 0.3) is 0 Å². The van der Waals surface area contributed by atoms with Crippen molar-refractivity contribution in [3.8, 4) is 89.0 Å². The van der Waals surface area contributed by atoms with Crippen molar-refractivity contribution in [1.29, 1.82) is 0 Å². The van der Waals surface area contributed by atoms with Crippen molar-refractivity contribution in [2.24, 2.45) is 0 Å². The lowest BCUT2D eigenvalue weighted by atomic mass is 9.79. The summed E-state index contributed by atoms with van der Waals surface area (Å²) in [5.41, 5.74) is 32.8. The number of fused-ring (bicyclic) bond motifs is 12. The summed E-state index contributed by atoms with van der Waals surface area (Å²) >= 11 is 15.4. The molecule has 3 radical (unpaired) electrons. The van der Waals surface area contributed by atoms with Gasteiger partial charge in [-0.3, -0.25) is 0 Å². The zero-order valence-electron chi connectivity index (χ0n) is 49.7. The molecule has 9 heteroatoms. The molecule has 0 unspecified atom stereocenters. The molecule has 2 N–H and O–H groups in total. The summed E-state index contributed by atoms with van der Waals surface area (Å²) in [5.74, 6) is 0. The number of hydrogen-bond donors (Lipinski definition) is 2. The Balaban J connectivity index is 0.000000159. The maximum Gasteiger partial charge on any atom is 0.488 e. The van der Waals surface area contributed by atoms with Gasteiger partial charge < -0.3 is 10.0 Å². The zero-order valence-corrected chi connectivity index (χ0v) is 58.8. The fourth-order valence-corrected chi connectivity index (χ4v) is 16.2. The van der Waals surface area contributed by atoms with Crippen molar-refractivity contribution < 1.29 is 11.5 Å². The van der Waals surface area contributed by atoms with Crippen LogP contribution in [-0.4, -0.2) is 25.6 Å². The molecule has 4 aliphatic carbocycles. The predicted octanol–water partition coefficient (Wildman–Crippen LogP) is 22.0. The minimum Gasteiger partial charge on any atom is -0.423 e. The molecule has 4 aliphatic rings. The van der Waals surface area contributed by atoms with Gasteiger partial charge in [-0.25, -0.2) is 0 Å². The Morgan fingerprint density at radius 1 is 0.287 bits per heavy atom. The molecule has 429 valence electrons. The first-order valence-electron chi connectivity index (χ1n) is 29.1. The first-order valence-corrected chi connectivity index (χ1v) is 33.7. The summed E-state index contributed by atoms with van der Waals surface area (Å²) in [5, 5.41) is 17.4. The molecule has 0 bridgehead atoms. The summed E-state index contributed by atoms with van der Waals surface area (Å²) in [6, 6.07) is 80.1. The topological polar surface area (TPSA) is 40.5 Å². The second kappa shape index (κ2) is 23.3. The second-order valence-corrected chi connectivity index (χ2v) is 30.6. The highest BCUT2D eigenvalue weighted by Crippen LogP contribution is 2.55.